The Labute approximate surface area is 210 Å². The van der Waals surface area contributed by atoms with Crippen LogP contribution >= 0.6 is 0 Å². The first-order valence-corrected chi connectivity index (χ1v) is 12.6. The van der Waals surface area contributed by atoms with E-state index in [4.69, 9.17) is 10.5 Å². The molecule has 0 atom stereocenters. The lowest BCUT2D eigenvalue weighted by Crippen LogP contribution is -1.82. The minimum atomic E-state index is 1.17. The Balaban J connectivity index is 0. The van der Waals surface area contributed by atoms with Gasteiger partial charge in [-0.2, -0.15) is 0 Å². The summed E-state index contributed by atoms with van der Waals surface area (Å²) < 4.78 is 0. The fourth-order valence-electron chi connectivity index (χ4n) is 3.34. The van der Waals surface area contributed by atoms with Crippen molar-refractivity contribution in [2.45, 2.75) is 120 Å². The second-order valence-electron chi connectivity index (χ2n) is 9.65. The molecular formula is C30H52O4. The minimum Gasteiger partial charge on any atom is -0.219 e. The van der Waals surface area contributed by atoms with Gasteiger partial charge in [0.2, 0.25) is 0 Å². The molecule has 0 radical (unpaired) electrons. The van der Waals surface area contributed by atoms with Crippen LogP contribution in [0, 0.1) is 0 Å². The molecule has 0 aromatic heterocycles. The average molecular weight is 477 g/mol. The van der Waals surface area contributed by atoms with E-state index in [1.165, 1.54) is 97.6 Å². The molecule has 0 saturated heterocycles. The monoisotopic (exact) mass is 476 g/mol. The molecule has 4 nitrogen and oxygen atoms in total. The smallest absolute Gasteiger partial charge is 0.0288 e. The third kappa shape index (κ3) is 28.3. The van der Waals surface area contributed by atoms with Crippen molar-refractivity contribution in [1.82, 2.24) is 0 Å². The lowest BCUT2D eigenvalue weighted by Gasteiger charge is -2.02. The van der Waals surface area contributed by atoms with E-state index in [1.807, 2.05) is 0 Å². The fraction of sp³-hybridized carbons (Fsp3) is 0.600. The molecule has 0 bridgehead atoms. The standard InChI is InChI=1S/C30H50.H2O4/c1-25(2)15-11-19-29(7)23-13-21-27(5)17-9-10-18-28(6)22-14-24-30(8)20-12-16-26(3)4;1-3-4-2/h15-18,23-24H,9-14,19-22H2,1-8H3;1-2H. The first-order valence-electron chi connectivity index (χ1n) is 12.6. The van der Waals surface area contributed by atoms with E-state index < -0.39 is 0 Å². The molecule has 0 spiro atoms. The first kappa shape index (κ1) is 34.4. The van der Waals surface area contributed by atoms with Gasteiger partial charge in [-0.15, -0.1) is 0 Å². The highest BCUT2D eigenvalue weighted by molar-refractivity contribution is 5.08. The van der Waals surface area contributed by atoms with Gasteiger partial charge in [-0.05, 0) is 130 Å². The molecule has 0 saturated carbocycles. The van der Waals surface area contributed by atoms with E-state index in [0.29, 0.717) is 0 Å². The molecule has 0 aliphatic heterocycles. The molecule has 2 N–H and O–H groups in total. The predicted molar refractivity (Wildman–Crippen MR) is 147 cm³/mol. The van der Waals surface area contributed by atoms with Crippen LogP contribution in [0.5, 0.6) is 0 Å². The summed E-state index contributed by atoms with van der Waals surface area (Å²) in [7, 11) is 0. The van der Waals surface area contributed by atoms with Gasteiger partial charge in [-0.1, -0.05) is 69.9 Å². The highest BCUT2D eigenvalue weighted by atomic mass is 17.6. The molecule has 0 heterocycles. The lowest BCUT2D eigenvalue weighted by atomic mass is 10.0. The van der Waals surface area contributed by atoms with Crippen LogP contribution in [-0.2, 0) is 10.1 Å². The molecule has 34 heavy (non-hydrogen) atoms. The molecule has 0 amide bonds. The topological polar surface area (TPSA) is 58.9 Å². The summed E-state index contributed by atoms with van der Waals surface area (Å²) in [5.41, 5.74) is 8.97. The van der Waals surface area contributed by atoms with Gasteiger partial charge >= 0.3 is 0 Å². The summed E-state index contributed by atoms with van der Waals surface area (Å²) in [4.78, 5) is 0. The Morgan fingerprint density at radius 1 is 0.412 bits per heavy atom. The van der Waals surface area contributed by atoms with Crippen LogP contribution in [-0.4, -0.2) is 10.5 Å². The van der Waals surface area contributed by atoms with Gasteiger partial charge in [-0.3, -0.25) is 0 Å². The van der Waals surface area contributed by atoms with Gasteiger partial charge in [0.05, 0.1) is 0 Å². The van der Waals surface area contributed by atoms with Gasteiger partial charge in [0.25, 0.3) is 0 Å². The van der Waals surface area contributed by atoms with Gasteiger partial charge in [0.15, 0.2) is 0 Å². The highest BCUT2D eigenvalue weighted by Crippen LogP contribution is 2.14. The summed E-state index contributed by atoms with van der Waals surface area (Å²) in [5, 5.41) is 19.0. The summed E-state index contributed by atoms with van der Waals surface area (Å²) in [6, 6.07) is 0. The summed E-state index contributed by atoms with van der Waals surface area (Å²) in [5.74, 6) is 0. The molecule has 0 aliphatic rings. The number of allylic oxidation sites excluding steroid dienone is 12. The zero-order valence-electron chi connectivity index (χ0n) is 23.2. The van der Waals surface area contributed by atoms with Crippen molar-refractivity contribution in [3.63, 3.8) is 0 Å². The Bertz CT molecular complexity index is 623. The molecule has 0 unspecified atom stereocenters. The molecule has 0 aromatic rings. The van der Waals surface area contributed by atoms with Crippen LogP contribution in [0.15, 0.2) is 69.9 Å². The maximum Gasteiger partial charge on any atom is -0.0288 e. The first-order chi connectivity index (χ1) is 16.1. The Kier molecular flexibility index (Phi) is 24.7. The molecular weight excluding hydrogens is 424 g/mol. The van der Waals surface area contributed by atoms with Crippen LogP contribution in [0.2, 0.25) is 0 Å². The number of hydrogen-bond donors (Lipinski definition) is 2. The van der Waals surface area contributed by atoms with E-state index >= 15 is 0 Å². The Morgan fingerprint density at radius 2 is 0.647 bits per heavy atom. The van der Waals surface area contributed by atoms with Crippen molar-refractivity contribution in [2.24, 2.45) is 0 Å². The molecule has 0 aromatic carbocycles. The van der Waals surface area contributed by atoms with Crippen molar-refractivity contribution in [3.8, 4) is 0 Å². The van der Waals surface area contributed by atoms with Gasteiger partial charge in [-0.25, -0.2) is 10.5 Å². The van der Waals surface area contributed by atoms with E-state index in [0.717, 1.165) is 0 Å². The minimum absolute atomic E-state index is 1.17. The van der Waals surface area contributed by atoms with E-state index in [1.54, 1.807) is 0 Å². The van der Waals surface area contributed by atoms with Crippen LogP contribution in [0.4, 0.5) is 0 Å². The SMILES string of the molecule is CC(C)=CCCC(C)=CCCC(C)=CCCC=C(C)CCC=C(C)CCC=C(C)C.OOOO. The van der Waals surface area contributed by atoms with E-state index in [9.17, 15) is 0 Å². The van der Waals surface area contributed by atoms with Gasteiger partial charge in [0, 0.05) is 0 Å². The van der Waals surface area contributed by atoms with Gasteiger partial charge < -0.3 is 0 Å². The zero-order valence-corrected chi connectivity index (χ0v) is 23.2. The Morgan fingerprint density at radius 3 is 0.882 bits per heavy atom. The maximum atomic E-state index is 6.90. The maximum absolute atomic E-state index is 6.90. The average Bonchev–Trinajstić information content (AvgIpc) is 2.76. The molecule has 196 valence electrons. The highest BCUT2D eigenvalue weighted by Gasteiger charge is 1.94. The number of rotatable bonds is 16. The summed E-state index contributed by atoms with van der Waals surface area (Å²) in [6.45, 7) is 17.8. The summed E-state index contributed by atoms with van der Waals surface area (Å²) >= 11 is 0. The van der Waals surface area contributed by atoms with Crippen LogP contribution in [0.3, 0.4) is 0 Å². The van der Waals surface area contributed by atoms with Crippen LogP contribution in [0.25, 0.3) is 0 Å². The molecule has 4 heteroatoms. The largest absolute Gasteiger partial charge is 0.219 e. The fourth-order valence-corrected chi connectivity index (χ4v) is 3.34. The van der Waals surface area contributed by atoms with Crippen LogP contribution in [0.1, 0.15) is 120 Å². The third-order valence-corrected chi connectivity index (χ3v) is 5.43. The molecule has 0 aliphatic carbocycles. The lowest BCUT2D eigenvalue weighted by molar-refractivity contribution is -0.611. The predicted octanol–water partition coefficient (Wildman–Crippen LogP) is 10.5. The summed E-state index contributed by atoms with van der Waals surface area (Å²) in [6.07, 6.45) is 26.2. The molecule has 0 rings (SSSR count). The van der Waals surface area contributed by atoms with E-state index in [2.05, 4.69) is 102 Å². The van der Waals surface area contributed by atoms with Crippen LogP contribution < -0.4 is 0 Å². The van der Waals surface area contributed by atoms with Crippen molar-refractivity contribution in [3.05, 3.63) is 69.9 Å². The second kappa shape index (κ2) is 24.4. The quantitative estimate of drug-likeness (QED) is 0.101. The Hall–Kier alpha value is -1.72. The van der Waals surface area contributed by atoms with Crippen molar-refractivity contribution < 1.29 is 20.6 Å². The number of hydrogen-bond acceptors (Lipinski definition) is 4. The van der Waals surface area contributed by atoms with Crippen molar-refractivity contribution in [1.29, 1.82) is 0 Å². The van der Waals surface area contributed by atoms with Crippen molar-refractivity contribution in [2.75, 3.05) is 0 Å². The van der Waals surface area contributed by atoms with Gasteiger partial charge in [0.1, 0.15) is 0 Å². The number of unbranched alkanes of at least 4 members (excludes halogenated alkanes) is 1. The zero-order chi connectivity index (χ0) is 26.2. The van der Waals surface area contributed by atoms with E-state index in [-0.39, 0.29) is 0 Å². The third-order valence-electron chi connectivity index (χ3n) is 5.43. The second-order valence-corrected chi connectivity index (χ2v) is 9.65. The van der Waals surface area contributed by atoms with Crippen molar-refractivity contribution >= 4 is 0 Å². The normalized spacial score (nSPS) is 12.8. The molecule has 0 fully saturated rings.